The number of unbranched alkanes of at least 4 members (excludes halogenated alkanes) is 1. The van der Waals surface area contributed by atoms with E-state index in [-0.39, 0.29) is 0 Å². The number of rotatable bonds is 12. The lowest BCUT2D eigenvalue weighted by Crippen LogP contribution is -2.23. The second-order valence-electron chi connectivity index (χ2n) is 8.36. The van der Waals surface area contributed by atoms with Crippen LogP contribution in [-0.4, -0.2) is 17.7 Å². The Labute approximate surface area is 195 Å². The van der Waals surface area contributed by atoms with E-state index in [0.29, 0.717) is 0 Å². The first kappa shape index (κ1) is 25.4. The zero-order chi connectivity index (χ0) is 23.5. The van der Waals surface area contributed by atoms with Crippen LogP contribution in [0.2, 0.25) is 0 Å². The van der Waals surface area contributed by atoms with Gasteiger partial charge in [0.1, 0.15) is 0 Å². The second kappa shape index (κ2) is 12.9. The first-order chi connectivity index (χ1) is 15.4. The van der Waals surface area contributed by atoms with Gasteiger partial charge in [0.25, 0.3) is 0 Å². The SMILES string of the molecule is C=C(CCCC)N(Cc1ccc(-c2ccccc2/C(C)=N/NNC)cc1)C(CC)=C(C)C. The molecule has 0 aliphatic carbocycles. The first-order valence-corrected chi connectivity index (χ1v) is 11.7. The van der Waals surface area contributed by atoms with Crippen molar-refractivity contribution < 1.29 is 0 Å². The molecule has 0 aliphatic rings. The molecule has 0 aromatic heterocycles. The van der Waals surface area contributed by atoms with E-state index in [9.17, 15) is 0 Å². The van der Waals surface area contributed by atoms with Crippen LogP contribution in [0, 0.1) is 0 Å². The lowest BCUT2D eigenvalue weighted by atomic mass is 9.96. The molecular weight excluding hydrogens is 392 g/mol. The summed E-state index contributed by atoms with van der Waals surface area (Å²) >= 11 is 0. The van der Waals surface area contributed by atoms with Gasteiger partial charge in [0, 0.05) is 30.5 Å². The molecule has 4 nitrogen and oxygen atoms in total. The maximum absolute atomic E-state index is 4.43. The number of hydrazone groups is 1. The average molecular weight is 433 g/mol. The van der Waals surface area contributed by atoms with Gasteiger partial charge in [-0.15, -0.1) is 0 Å². The molecule has 172 valence electrons. The molecule has 0 saturated heterocycles. The molecule has 2 rings (SSSR count). The molecular formula is C28H40N4. The third kappa shape index (κ3) is 6.83. The number of hydrogen-bond acceptors (Lipinski definition) is 4. The highest BCUT2D eigenvalue weighted by atomic mass is 15.5. The molecule has 0 heterocycles. The van der Waals surface area contributed by atoms with E-state index in [1.807, 2.05) is 6.92 Å². The van der Waals surface area contributed by atoms with Crippen LogP contribution >= 0.6 is 0 Å². The van der Waals surface area contributed by atoms with Crippen molar-refractivity contribution in [2.45, 2.75) is 66.8 Å². The van der Waals surface area contributed by atoms with Crippen LogP contribution in [0.5, 0.6) is 0 Å². The van der Waals surface area contributed by atoms with Gasteiger partial charge in [-0.25, -0.2) is 11.0 Å². The fourth-order valence-corrected chi connectivity index (χ4v) is 3.95. The van der Waals surface area contributed by atoms with Gasteiger partial charge in [-0.3, -0.25) is 0 Å². The molecule has 0 atom stereocenters. The highest BCUT2D eigenvalue weighted by molar-refractivity contribution is 6.04. The predicted octanol–water partition coefficient (Wildman–Crippen LogP) is 7.01. The largest absolute Gasteiger partial charge is 0.345 e. The van der Waals surface area contributed by atoms with E-state index in [2.05, 4.69) is 104 Å². The van der Waals surface area contributed by atoms with Crippen molar-refractivity contribution in [3.05, 3.63) is 83.2 Å². The first-order valence-electron chi connectivity index (χ1n) is 11.7. The second-order valence-corrected chi connectivity index (χ2v) is 8.36. The summed E-state index contributed by atoms with van der Waals surface area (Å²) in [6.07, 6.45) is 4.41. The van der Waals surface area contributed by atoms with Gasteiger partial charge in [0.2, 0.25) is 0 Å². The quantitative estimate of drug-likeness (QED) is 0.280. The van der Waals surface area contributed by atoms with Gasteiger partial charge in [-0.05, 0) is 56.7 Å². The normalized spacial score (nSPS) is 11.2. The fourth-order valence-electron chi connectivity index (χ4n) is 3.95. The number of nitrogens with one attached hydrogen (secondary N) is 2. The number of benzene rings is 2. The van der Waals surface area contributed by atoms with E-state index < -0.39 is 0 Å². The Balaban J connectivity index is 2.32. The third-order valence-electron chi connectivity index (χ3n) is 5.70. The van der Waals surface area contributed by atoms with Crippen LogP contribution in [0.1, 0.15) is 71.4 Å². The monoisotopic (exact) mass is 432 g/mol. The molecule has 0 bridgehead atoms. The lowest BCUT2D eigenvalue weighted by molar-refractivity contribution is 0.385. The Bertz CT molecular complexity index is 934. The molecule has 2 aromatic rings. The van der Waals surface area contributed by atoms with E-state index in [1.165, 1.54) is 46.5 Å². The van der Waals surface area contributed by atoms with Crippen LogP contribution in [0.25, 0.3) is 11.1 Å². The van der Waals surface area contributed by atoms with Crippen LogP contribution < -0.4 is 11.0 Å². The number of allylic oxidation sites excluding steroid dienone is 3. The molecule has 0 radical (unpaired) electrons. The fraction of sp³-hybridized carbons (Fsp3) is 0.393. The van der Waals surface area contributed by atoms with E-state index in [4.69, 9.17) is 0 Å². The number of hydrazine groups is 1. The summed E-state index contributed by atoms with van der Waals surface area (Å²) in [5, 5.41) is 4.38. The summed E-state index contributed by atoms with van der Waals surface area (Å²) in [4.78, 5) is 2.42. The maximum Gasteiger partial charge on any atom is 0.0666 e. The summed E-state index contributed by atoms with van der Waals surface area (Å²) < 4.78 is 0. The van der Waals surface area contributed by atoms with E-state index >= 15 is 0 Å². The Hall–Kier alpha value is -2.85. The predicted molar refractivity (Wildman–Crippen MR) is 139 cm³/mol. The Morgan fingerprint density at radius 2 is 1.69 bits per heavy atom. The van der Waals surface area contributed by atoms with Crippen LogP contribution in [-0.2, 0) is 6.54 Å². The molecule has 4 heteroatoms. The minimum absolute atomic E-state index is 0.853. The summed E-state index contributed by atoms with van der Waals surface area (Å²) in [6.45, 7) is 16.2. The number of hydrogen-bond donors (Lipinski definition) is 2. The third-order valence-corrected chi connectivity index (χ3v) is 5.70. The molecule has 0 amide bonds. The lowest BCUT2D eigenvalue weighted by Gasteiger charge is -2.30. The van der Waals surface area contributed by atoms with Crippen LogP contribution in [0.15, 0.2) is 77.2 Å². The van der Waals surface area contributed by atoms with Crippen molar-refractivity contribution in [1.29, 1.82) is 0 Å². The number of nitrogens with zero attached hydrogens (tertiary/aromatic N) is 2. The van der Waals surface area contributed by atoms with Crippen molar-refractivity contribution in [2.75, 3.05) is 7.05 Å². The highest BCUT2D eigenvalue weighted by Crippen LogP contribution is 2.28. The molecule has 0 unspecified atom stereocenters. The van der Waals surface area contributed by atoms with Crippen molar-refractivity contribution in [1.82, 2.24) is 15.9 Å². The maximum atomic E-state index is 4.43. The van der Waals surface area contributed by atoms with Gasteiger partial charge in [-0.1, -0.05) is 81.0 Å². The topological polar surface area (TPSA) is 39.7 Å². The molecule has 0 saturated carbocycles. The Morgan fingerprint density at radius 1 is 1.00 bits per heavy atom. The van der Waals surface area contributed by atoms with E-state index in [1.54, 1.807) is 7.05 Å². The van der Waals surface area contributed by atoms with Crippen molar-refractivity contribution in [3.8, 4) is 11.1 Å². The van der Waals surface area contributed by atoms with Crippen LogP contribution in [0.4, 0.5) is 0 Å². The van der Waals surface area contributed by atoms with Crippen LogP contribution in [0.3, 0.4) is 0 Å². The highest BCUT2D eigenvalue weighted by Gasteiger charge is 2.14. The zero-order valence-corrected chi connectivity index (χ0v) is 20.8. The standard InChI is InChI=1S/C28H40N4/c1-8-10-13-22(5)32(28(9-2)21(3)4)20-24-16-18-25(19-17-24)27-15-12-11-14-26(27)23(6)30-31-29-7/h11-12,14-19,29,31H,5,8-10,13,20H2,1-4,6-7H3/b30-23+. The molecule has 32 heavy (non-hydrogen) atoms. The molecule has 2 aromatic carbocycles. The molecule has 0 spiro atoms. The minimum Gasteiger partial charge on any atom is -0.345 e. The van der Waals surface area contributed by atoms with Crippen molar-refractivity contribution >= 4 is 5.71 Å². The zero-order valence-electron chi connectivity index (χ0n) is 20.8. The van der Waals surface area contributed by atoms with Gasteiger partial charge in [0.05, 0.1) is 5.71 Å². The van der Waals surface area contributed by atoms with Crippen molar-refractivity contribution in [3.63, 3.8) is 0 Å². The van der Waals surface area contributed by atoms with Gasteiger partial charge >= 0.3 is 0 Å². The molecule has 0 fully saturated rings. The smallest absolute Gasteiger partial charge is 0.0666 e. The van der Waals surface area contributed by atoms with Gasteiger partial charge < -0.3 is 4.90 Å². The average Bonchev–Trinajstić information content (AvgIpc) is 2.81. The summed E-state index contributed by atoms with van der Waals surface area (Å²) in [6, 6.07) is 17.3. The summed E-state index contributed by atoms with van der Waals surface area (Å²) in [7, 11) is 1.81. The van der Waals surface area contributed by atoms with Crippen molar-refractivity contribution in [2.24, 2.45) is 5.10 Å². The summed E-state index contributed by atoms with van der Waals surface area (Å²) in [5.74, 6) is 0. The Morgan fingerprint density at radius 3 is 2.28 bits per heavy atom. The Kier molecular flexibility index (Phi) is 10.2. The summed E-state index contributed by atoms with van der Waals surface area (Å²) in [5.41, 5.74) is 15.3. The van der Waals surface area contributed by atoms with Gasteiger partial charge in [-0.2, -0.15) is 5.10 Å². The molecule has 0 aliphatic heterocycles. The molecule has 2 N–H and O–H groups in total. The van der Waals surface area contributed by atoms with Gasteiger partial charge in [0.15, 0.2) is 0 Å². The minimum atomic E-state index is 0.853. The van der Waals surface area contributed by atoms with E-state index in [0.717, 1.165) is 30.7 Å².